The van der Waals surface area contributed by atoms with E-state index in [1.54, 1.807) is 13.1 Å². The maximum Gasteiger partial charge on any atom is 0.241 e. The van der Waals surface area contributed by atoms with Crippen molar-refractivity contribution < 1.29 is 9.53 Å². The van der Waals surface area contributed by atoms with Crippen LogP contribution in [0.25, 0.3) is 0 Å². The maximum atomic E-state index is 11.6. The molecule has 0 bridgehead atoms. The third-order valence-corrected chi connectivity index (χ3v) is 2.66. The van der Waals surface area contributed by atoms with Gasteiger partial charge in [0.15, 0.2) is 0 Å². The molecule has 0 aliphatic carbocycles. The summed E-state index contributed by atoms with van der Waals surface area (Å²) in [5.74, 6) is -0.0706. The molecule has 0 saturated carbocycles. The second-order valence-corrected chi connectivity index (χ2v) is 4.79. The highest BCUT2D eigenvalue weighted by Gasteiger charge is 2.06. The summed E-state index contributed by atoms with van der Waals surface area (Å²) in [6, 6.07) is 0. The molecule has 1 aromatic rings. The van der Waals surface area contributed by atoms with Crippen molar-refractivity contribution in [3.63, 3.8) is 0 Å². The van der Waals surface area contributed by atoms with Gasteiger partial charge in [0, 0.05) is 19.3 Å². The number of rotatable bonds is 7. The Kier molecular flexibility index (Phi) is 6.15. The largest absolute Gasteiger partial charge is 0.379 e. The summed E-state index contributed by atoms with van der Waals surface area (Å²) in [5, 5.41) is 7.50. The van der Waals surface area contributed by atoms with Gasteiger partial charge in [-0.1, -0.05) is 11.6 Å². The molecule has 102 valence electrons. The SMILES string of the molecule is Cc1nn(CC(=O)NCCCOC(C)C)cc1Cl. The van der Waals surface area contributed by atoms with Crippen LogP contribution in [-0.4, -0.2) is 34.9 Å². The minimum atomic E-state index is -0.0706. The molecule has 6 heteroatoms. The van der Waals surface area contributed by atoms with Crippen LogP contribution in [0.2, 0.25) is 5.02 Å². The first-order chi connectivity index (χ1) is 8.49. The summed E-state index contributed by atoms with van der Waals surface area (Å²) in [5.41, 5.74) is 0.731. The van der Waals surface area contributed by atoms with Gasteiger partial charge in [-0.15, -0.1) is 0 Å². The number of aryl methyl sites for hydroxylation is 1. The molecule has 0 aliphatic rings. The number of hydrogen-bond donors (Lipinski definition) is 1. The van der Waals surface area contributed by atoms with Crippen LogP contribution in [0.1, 0.15) is 26.0 Å². The number of aromatic nitrogens is 2. The van der Waals surface area contributed by atoms with E-state index in [0.29, 0.717) is 18.2 Å². The van der Waals surface area contributed by atoms with Crippen molar-refractivity contribution in [2.45, 2.75) is 39.8 Å². The van der Waals surface area contributed by atoms with Crippen LogP contribution in [0.3, 0.4) is 0 Å². The molecule has 0 spiro atoms. The van der Waals surface area contributed by atoms with Gasteiger partial charge in [-0.25, -0.2) is 0 Å². The van der Waals surface area contributed by atoms with Crippen molar-refractivity contribution in [2.75, 3.05) is 13.2 Å². The van der Waals surface area contributed by atoms with E-state index < -0.39 is 0 Å². The first-order valence-corrected chi connectivity index (χ1v) is 6.44. The van der Waals surface area contributed by atoms with E-state index in [2.05, 4.69) is 10.4 Å². The van der Waals surface area contributed by atoms with Crippen LogP contribution in [0, 0.1) is 6.92 Å². The fourth-order valence-corrected chi connectivity index (χ4v) is 1.55. The number of amides is 1. The Hall–Kier alpha value is -1.07. The summed E-state index contributed by atoms with van der Waals surface area (Å²) in [6.45, 7) is 7.24. The minimum absolute atomic E-state index is 0.0706. The third-order valence-electron chi connectivity index (χ3n) is 2.29. The molecule has 0 aliphatic heterocycles. The summed E-state index contributed by atoms with van der Waals surface area (Å²) in [7, 11) is 0. The van der Waals surface area contributed by atoms with E-state index in [4.69, 9.17) is 16.3 Å². The Morgan fingerprint density at radius 3 is 2.89 bits per heavy atom. The molecular weight excluding hydrogens is 254 g/mol. The smallest absolute Gasteiger partial charge is 0.241 e. The van der Waals surface area contributed by atoms with Gasteiger partial charge in [0.05, 0.1) is 16.8 Å². The van der Waals surface area contributed by atoms with Gasteiger partial charge in [-0.3, -0.25) is 9.48 Å². The Bertz CT molecular complexity index is 371. The Morgan fingerprint density at radius 2 is 2.33 bits per heavy atom. The van der Waals surface area contributed by atoms with E-state index >= 15 is 0 Å². The standard InChI is InChI=1S/C12H20ClN3O2/c1-9(2)18-6-4-5-14-12(17)8-16-7-11(13)10(3)15-16/h7,9H,4-6,8H2,1-3H3,(H,14,17). The lowest BCUT2D eigenvalue weighted by Gasteiger charge is -2.08. The van der Waals surface area contributed by atoms with Crippen molar-refractivity contribution in [1.82, 2.24) is 15.1 Å². The van der Waals surface area contributed by atoms with E-state index in [1.165, 1.54) is 4.68 Å². The van der Waals surface area contributed by atoms with Gasteiger partial charge in [-0.2, -0.15) is 5.10 Å². The van der Waals surface area contributed by atoms with Crippen molar-refractivity contribution >= 4 is 17.5 Å². The zero-order valence-corrected chi connectivity index (χ0v) is 11.8. The van der Waals surface area contributed by atoms with Gasteiger partial charge < -0.3 is 10.1 Å². The molecule has 0 saturated heterocycles. The minimum Gasteiger partial charge on any atom is -0.379 e. The molecule has 18 heavy (non-hydrogen) atoms. The molecule has 1 aromatic heterocycles. The fraction of sp³-hybridized carbons (Fsp3) is 0.667. The highest BCUT2D eigenvalue weighted by atomic mass is 35.5. The van der Waals surface area contributed by atoms with Crippen molar-refractivity contribution in [1.29, 1.82) is 0 Å². The van der Waals surface area contributed by atoms with E-state index in [-0.39, 0.29) is 18.6 Å². The number of nitrogens with one attached hydrogen (secondary N) is 1. The lowest BCUT2D eigenvalue weighted by atomic mass is 10.4. The van der Waals surface area contributed by atoms with Gasteiger partial charge in [-0.05, 0) is 27.2 Å². The van der Waals surface area contributed by atoms with Crippen LogP contribution >= 0.6 is 11.6 Å². The molecule has 1 N–H and O–H groups in total. The highest BCUT2D eigenvalue weighted by Crippen LogP contribution is 2.11. The summed E-state index contributed by atoms with van der Waals surface area (Å²) in [6.07, 6.45) is 2.69. The number of halogens is 1. The molecule has 0 atom stereocenters. The number of carbonyl (C=O) groups is 1. The monoisotopic (exact) mass is 273 g/mol. The van der Waals surface area contributed by atoms with Crippen LogP contribution in [0.5, 0.6) is 0 Å². The summed E-state index contributed by atoms with van der Waals surface area (Å²) < 4.78 is 6.91. The quantitative estimate of drug-likeness (QED) is 0.771. The van der Waals surface area contributed by atoms with Crippen LogP contribution in [-0.2, 0) is 16.1 Å². The number of nitrogens with zero attached hydrogens (tertiary/aromatic N) is 2. The average molecular weight is 274 g/mol. The number of carbonyl (C=O) groups excluding carboxylic acids is 1. The predicted molar refractivity (Wildman–Crippen MR) is 70.7 cm³/mol. The lowest BCUT2D eigenvalue weighted by Crippen LogP contribution is -2.29. The van der Waals surface area contributed by atoms with Crippen molar-refractivity contribution in [3.05, 3.63) is 16.9 Å². The zero-order valence-electron chi connectivity index (χ0n) is 11.1. The number of ether oxygens (including phenoxy) is 1. The molecule has 0 fully saturated rings. The van der Waals surface area contributed by atoms with Crippen molar-refractivity contribution in [2.24, 2.45) is 0 Å². The highest BCUT2D eigenvalue weighted by molar-refractivity contribution is 6.31. The topological polar surface area (TPSA) is 56.2 Å². The predicted octanol–water partition coefficient (Wildman–Crippen LogP) is 1.78. The Labute approximate surface area is 112 Å². The molecule has 5 nitrogen and oxygen atoms in total. The Morgan fingerprint density at radius 1 is 1.61 bits per heavy atom. The van der Waals surface area contributed by atoms with E-state index in [1.807, 2.05) is 13.8 Å². The van der Waals surface area contributed by atoms with Gasteiger partial charge >= 0.3 is 0 Å². The first-order valence-electron chi connectivity index (χ1n) is 6.07. The normalized spacial score (nSPS) is 10.9. The number of hydrogen-bond acceptors (Lipinski definition) is 3. The van der Waals surface area contributed by atoms with Gasteiger partial charge in [0.25, 0.3) is 0 Å². The average Bonchev–Trinajstić information content (AvgIpc) is 2.56. The van der Waals surface area contributed by atoms with Crippen LogP contribution < -0.4 is 5.32 Å². The molecule has 1 amide bonds. The lowest BCUT2D eigenvalue weighted by molar-refractivity contribution is -0.121. The molecular formula is C12H20ClN3O2. The van der Waals surface area contributed by atoms with Gasteiger partial charge in [0.2, 0.25) is 5.91 Å². The first kappa shape index (κ1) is 15.0. The molecule has 0 radical (unpaired) electrons. The molecule has 1 heterocycles. The van der Waals surface area contributed by atoms with Crippen molar-refractivity contribution in [3.8, 4) is 0 Å². The third kappa shape index (κ3) is 5.51. The fourth-order valence-electron chi connectivity index (χ4n) is 1.40. The van der Waals surface area contributed by atoms with Crippen LogP contribution in [0.4, 0.5) is 0 Å². The van der Waals surface area contributed by atoms with Crippen LogP contribution in [0.15, 0.2) is 6.20 Å². The molecule has 0 aromatic carbocycles. The second kappa shape index (κ2) is 7.38. The summed E-state index contributed by atoms with van der Waals surface area (Å²) in [4.78, 5) is 11.6. The van der Waals surface area contributed by atoms with E-state index in [9.17, 15) is 4.79 Å². The molecule has 0 unspecified atom stereocenters. The maximum absolute atomic E-state index is 11.6. The Balaban J connectivity index is 2.18. The van der Waals surface area contributed by atoms with Gasteiger partial charge in [0.1, 0.15) is 6.54 Å². The molecule has 1 rings (SSSR count). The summed E-state index contributed by atoms with van der Waals surface area (Å²) >= 11 is 5.86. The second-order valence-electron chi connectivity index (χ2n) is 4.38. The zero-order chi connectivity index (χ0) is 13.5. The van der Waals surface area contributed by atoms with E-state index in [0.717, 1.165) is 12.1 Å².